The minimum absolute atomic E-state index is 0.216. The number of ether oxygens (including phenoxy) is 1. The molecule has 0 radical (unpaired) electrons. The van der Waals surface area contributed by atoms with Crippen LogP contribution in [0.5, 0.6) is 5.75 Å². The molecular weight excluding hydrogens is 358 g/mol. The molecule has 0 atom stereocenters. The molecule has 27 heavy (non-hydrogen) atoms. The molecule has 0 fully saturated rings. The van der Waals surface area contributed by atoms with Crippen molar-refractivity contribution in [2.75, 3.05) is 17.1 Å². The van der Waals surface area contributed by atoms with Crippen LogP contribution in [-0.4, -0.2) is 13.0 Å². The van der Waals surface area contributed by atoms with E-state index in [1.807, 2.05) is 54.6 Å². The van der Waals surface area contributed by atoms with Crippen LogP contribution in [0.3, 0.4) is 0 Å². The van der Waals surface area contributed by atoms with Crippen molar-refractivity contribution in [3.05, 3.63) is 83.9 Å². The predicted octanol–water partition coefficient (Wildman–Crippen LogP) is 4.94. The summed E-state index contributed by atoms with van der Waals surface area (Å²) in [6.07, 6.45) is 0. The van der Waals surface area contributed by atoms with Crippen LogP contribution in [0.15, 0.2) is 77.7 Å². The van der Waals surface area contributed by atoms with Crippen LogP contribution in [-0.2, 0) is 0 Å². The van der Waals surface area contributed by atoms with Gasteiger partial charge in [-0.2, -0.15) is 5.26 Å². The van der Waals surface area contributed by atoms with Gasteiger partial charge in [-0.05, 0) is 72.6 Å². The number of nitriles is 1. The van der Waals surface area contributed by atoms with E-state index in [1.54, 1.807) is 31.4 Å². The van der Waals surface area contributed by atoms with Gasteiger partial charge in [-0.3, -0.25) is 4.79 Å². The van der Waals surface area contributed by atoms with Crippen molar-refractivity contribution in [3.8, 4) is 11.8 Å². The van der Waals surface area contributed by atoms with Crippen LogP contribution >= 0.6 is 11.9 Å². The monoisotopic (exact) mass is 375 g/mol. The summed E-state index contributed by atoms with van der Waals surface area (Å²) in [6, 6.07) is 23.8. The predicted molar refractivity (Wildman–Crippen MR) is 108 cm³/mol. The first-order chi connectivity index (χ1) is 13.2. The number of hydrogen-bond acceptors (Lipinski definition) is 5. The van der Waals surface area contributed by atoms with E-state index in [9.17, 15) is 4.79 Å². The second kappa shape index (κ2) is 8.79. The molecule has 1 amide bonds. The third-order valence-electron chi connectivity index (χ3n) is 3.77. The standard InChI is InChI=1S/C21H17N3O2S/c1-26-20-5-3-2-4-19(20)24-27-18-12-10-17(11-13-18)23-21(25)16-8-6-15(14-22)7-9-16/h2-13,24H,1H3,(H,23,25). The smallest absolute Gasteiger partial charge is 0.255 e. The van der Waals surface area contributed by atoms with Crippen molar-refractivity contribution in [2.45, 2.75) is 4.90 Å². The van der Waals surface area contributed by atoms with E-state index in [4.69, 9.17) is 10.00 Å². The quantitative estimate of drug-likeness (QED) is 0.597. The number of para-hydroxylation sites is 2. The Hall–Kier alpha value is -3.43. The maximum absolute atomic E-state index is 12.3. The van der Waals surface area contributed by atoms with Crippen molar-refractivity contribution >= 4 is 29.2 Å². The fourth-order valence-corrected chi connectivity index (χ4v) is 3.02. The lowest BCUT2D eigenvalue weighted by Gasteiger charge is -2.10. The lowest BCUT2D eigenvalue weighted by Crippen LogP contribution is -2.11. The number of hydrogen-bond donors (Lipinski definition) is 2. The minimum atomic E-state index is -0.216. The van der Waals surface area contributed by atoms with E-state index in [2.05, 4.69) is 10.0 Å². The van der Waals surface area contributed by atoms with Crippen molar-refractivity contribution in [1.82, 2.24) is 0 Å². The fourth-order valence-electron chi connectivity index (χ4n) is 2.35. The number of anilines is 2. The topological polar surface area (TPSA) is 74.2 Å². The van der Waals surface area contributed by atoms with Gasteiger partial charge in [0.15, 0.2) is 0 Å². The van der Waals surface area contributed by atoms with Crippen LogP contribution in [0.25, 0.3) is 0 Å². The number of carbonyl (C=O) groups excluding carboxylic acids is 1. The Morgan fingerprint density at radius 3 is 2.37 bits per heavy atom. The number of rotatable bonds is 6. The van der Waals surface area contributed by atoms with Crippen LogP contribution in [0.4, 0.5) is 11.4 Å². The Morgan fingerprint density at radius 2 is 1.70 bits per heavy atom. The zero-order valence-electron chi connectivity index (χ0n) is 14.6. The summed E-state index contributed by atoms with van der Waals surface area (Å²) < 4.78 is 8.57. The Labute approximate surface area is 162 Å². The fraction of sp³-hybridized carbons (Fsp3) is 0.0476. The normalized spacial score (nSPS) is 9.93. The summed E-state index contributed by atoms with van der Waals surface area (Å²) in [5.41, 5.74) is 2.62. The van der Waals surface area contributed by atoms with Crippen molar-refractivity contribution in [3.63, 3.8) is 0 Å². The molecule has 0 heterocycles. The summed E-state index contributed by atoms with van der Waals surface area (Å²) in [5, 5.41) is 11.7. The van der Waals surface area contributed by atoms with Gasteiger partial charge in [-0.1, -0.05) is 12.1 Å². The SMILES string of the molecule is COc1ccccc1NSc1ccc(NC(=O)c2ccc(C#N)cc2)cc1. The number of nitrogens with one attached hydrogen (secondary N) is 2. The molecule has 0 aliphatic carbocycles. The van der Waals surface area contributed by atoms with Crippen LogP contribution in [0.1, 0.15) is 15.9 Å². The third kappa shape index (κ3) is 4.81. The average molecular weight is 375 g/mol. The van der Waals surface area contributed by atoms with E-state index in [-0.39, 0.29) is 5.91 Å². The average Bonchev–Trinajstić information content (AvgIpc) is 2.73. The van der Waals surface area contributed by atoms with Gasteiger partial charge in [-0.25, -0.2) is 0 Å². The summed E-state index contributed by atoms with van der Waals surface area (Å²) in [5.74, 6) is 0.559. The lowest BCUT2D eigenvalue weighted by atomic mass is 10.1. The van der Waals surface area contributed by atoms with Crippen LogP contribution < -0.4 is 14.8 Å². The Bertz CT molecular complexity index is 964. The molecule has 3 aromatic rings. The Morgan fingerprint density at radius 1 is 1.00 bits per heavy atom. The molecular formula is C21H17N3O2S. The molecule has 0 spiro atoms. The van der Waals surface area contributed by atoms with Gasteiger partial charge >= 0.3 is 0 Å². The zero-order valence-corrected chi connectivity index (χ0v) is 15.4. The summed E-state index contributed by atoms with van der Waals surface area (Å²) >= 11 is 1.46. The highest BCUT2D eigenvalue weighted by Gasteiger charge is 2.07. The summed E-state index contributed by atoms with van der Waals surface area (Å²) in [4.78, 5) is 13.3. The van der Waals surface area contributed by atoms with Gasteiger partial charge in [0, 0.05) is 16.1 Å². The number of methoxy groups -OCH3 is 1. The first-order valence-electron chi connectivity index (χ1n) is 8.17. The number of amides is 1. The van der Waals surface area contributed by atoms with E-state index in [1.165, 1.54) is 11.9 Å². The second-order valence-electron chi connectivity index (χ2n) is 5.57. The largest absolute Gasteiger partial charge is 0.495 e. The Kier molecular flexibility index (Phi) is 5.98. The zero-order chi connectivity index (χ0) is 19.1. The van der Waals surface area contributed by atoms with Gasteiger partial charge in [0.2, 0.25) is 0 Å². The molecule has 0 bridgehead atoms. The van der Waals surface area contributed by atoms with Gasteiger partial charge in [0.1, 0.15) is 5.75 Å². The van der Waals surface area contributed by atoms with Gasteiger partial charge in [0.25, 0.3) is 5.91 Å². The Balaban J connectivity index is 1.59. The second-order valence-corrected chi connectivity index (χ2v) is 6.45. The van der Waals surface area contributed by atoms with E-state index in [0.717, 1.165) is 16.3 Å². The van der Waals surface area contributed by atoms with Crippen molar-refractivity contribution < 1.29 is 9.53 Å². The van der Waals surface area contributed by atoms with E-state index in [0.29, 0.717) is 16.8 Å². The van der Waals surface area contributed by atoms with Gasteiger partial charge in [0.05, 0.1) is 24.4 Å². The third-order valence-corrected chi connectivity index (χ3v) is 4.60. The molecule has 6 heteroatoms. The maximum atomic E-state index is 12.3. The van der Waals surface area contributed by atoms with Crippen LogP contribution in [0.2, 0.25) is 0 Å². The lowest BCUT2D eigenvalue weighted by molar-refractivity contribution is 0.102. The molecule has 134 valence electrons. The summed E-state index contributed by atoms with van der Waals surface area (Å²) in [7, 11) is 1.64. The summed E-state index contributed by atoms with van der Waals surface area (Å²) in [6.45, 7) is 0. The molecule has 0 unspecified atom stereocenters. The van der Waals surface area contributed by atoms with Crippen molar-refractivity contribution in [2.24, 2.45) is 0 Å². The highest BCUT2D eigenvalue weighted by molar-refractivity contribution is 8.00. The molecule has 0 saturated heterocycles. The molecule has 5 nitrogen and oxygen atoms in total. The van der Waals surface area contributed by atoms with Gasteiger partial charge in [-0.15, -0.1) is 0 Å². The molecule has 3 aromatic carbocycles. The molecule has 0 saturated carbocycles. The minimum Gasteiger partial charge on any atom is -0.495 e. The first-order valence-corrected chi connectivity index (χ1v) is 8.98. The maximum Gasteiger partial charge on any atom is 0.255 e. The first kappa shape index (κ1) is 18.4. The highest BCUT2D eigenvalue weighted by atomic mass is 32.2. The molecule has 3 rings (SSSR count). The van der Waals surface area contributed by atoms with Gasteiger partial charge < -0.3 is 14.8 Å². The number of carbonyl (C=O) groups is 1. The molecule has 2 N–H and O–H groups in total. The number of nitrogens with zero attached hydrogens (tertiary/aromatic N) is 1. The highest BCUT2D eigenvalue weighted by Crippen LogP contribution is 2.29. The van der Waals surface area contributed by atoms with Crippen LogP contribution in [0, 0.1) is 11.3 Å². The van der Waals surface area contributed by atoms with E-state index < -0.39 is 0 Å². The molecule has 0 aromatic heterocycles. The molecule has 0 aliphatic heterocycles. The van der Waals surface area contributed by atoms with Crippen molar-refractivity contribution in [1.29, 1.82) is 5.26 Å². The van der Waals surface area contributed by atoms with E-state index >= 15 is 0 Å². The molecule has 0 aliphatic rings. The number of benzene rings is 3.